The summed E-state index contributed by atoms with van der Waals surface area (Å²) in [5, 5.41) is 16.9. The molecule has 0 aliphatic heterocycles. The molecular formula is C12H7BrO4. The fraction of sp³-hybridized carbons (Fsp3) is 0. The van der Waals surface area contributed by atoms with E-state index >= 15 is 0 Å². The van der Waals surface area contributed by atoms with Crippen LogP contribution < -0.4 is 0 Å². The zero-order chi connectivity index (χ0) is 12.8. The van der Waals surface area contributed by atoms with Crippen LogP contribution in [-0.2, 0) is 9.59 Å². The highest BCUT2D eigenvalue weighted by atomic mass is 79.9. The summed E-state index contributed by atoms with van der Waals surface area (Å²) in [4.78, 5) is 20.6. The van der Waals surface area contributed by atoms with Crippen LogP contribution in [0.3, 0.4) is 0 Å². The third kappa shape index (κ3) is 5.00. The largest absolute Gasteiger partial charge is 0.478 e. The number of aliphatic carboxylic acids is 2. The van der Waals surface area contributed by atoms with Crippen molar-refractivity contribution in [3.8, 4) is 11.8 Å². The number of halogens is 1. The Morgan fingerprint density at radius 2 is 1.94 bits per heavy atom. The van der Waals surface area contributed by atoms with Crippen molar-refractivity contribution in [3.63, 3.8) is 0 Å². The Balaban J connectivity index is 3.07. The summed E-state index contributed by atoms with van der Waals surface area (Å²) in [5.41, 5.74) is 1.11. The summed E-state index contributed by atoms with van der Waals surface area (Å²) in [6.45, 7) is 0. The van der Waals surface area contributed by atoms with Crippen LogP contribution in [0.2, 0.25) is 0 Å². The van der Waals surface area contributed by atoms with Crippen molar-refractivity contribution in [2.24, 2.45) is 0 Å². The lowest BCUT2D eigenvalue weighted by atomic mass is 10.1. The second kappa shape index (κ2) is 5.87. The molecular weight excluding hydrogens is 288 g/mol. The first-order valence-electron chi connectivity index (χ1n) is 4.44. The average molecular weight is 295 g/mol. The maximum absolute atomic E-state index is 10.4. The van der Waals surface area contributed by atoms with E-state index in [-0.39, 0.29) is 0 Å². The normalized spacial score (nSPS) is 9.71. The van der Waals surface area contributed by atoms with Gasteiger partial charge in [0.1, 0.15) is 0 Å². The van der Waals surface area contributed by atoms with E-state index in [0.29, 0.717) is 15.6 Å². The van der Waals surface area contributed by atoms with E-state index in [0.717, 1.165) is 6.08 Å². The molecule has 0 aliphatic carbocycles. The van der Waals surface area contributed by atoms with E-state index in [1.165, 1.54) is 6.08 Å². The number of carboxylic acid groups (broad SMARTS) is 2. The van der Waals surface area contributed by atoms with Crippen LogP contribution in [0, 0.1) is 11.8 Å². The lowest BCUT2D eigenvalue weighted by Gasteiger charge is -1.97. The molecule has 0 atom stereocenters. The van der Waals surface area contributed by atoms with Gasteiger partial charge in [0.25, 0.3) is 0 Å². The monoisotopic (exact) mass is 294 g/mol. The molecule has 1 aromatic rings. The first kappa shape index (κ1) is 13.0. The van der Waals surface area contributed by atoms with E-state index in [4.69, 9.17) is 10.2 Å². The first-order valence-corrected chi connectivity index (χ1v) is 5.23. The molecule has 0 fully saturated rings. The highest BCUT2D eigenvalue weighted by molar-refractivity contribution is 9.10. The maximum Gasteiger partial charge on any atom is 0.382 e. The molecule has 0 radical (unpaired) electrons. The molecule has 2 N–H and O–H groups in total. The fourth-order valence-corrected chi connectivity index (χ4v) is 1.58. The molecule has 17 heavy (non-hydrogen) atoms. The van der Waals surface area contributed by atoms with E-state index in [2.05, 4.69) is 21.9 Å². The number of hydrogen-bond acceptors (Lipinski definition) is 2. The predicted octanol–water partition coefficient (Wildman–Crippen LogP) is 1.98. The summed E-state index contributed by atoms with van der Waals surface area (Å²) in [6, 6.07) is 4.94. The summed E-state index contributed by atoms with van der Waals surface area (Å²) < 4.78 is 0.694. The van der Waals surface area contributed by atoms with Crippen LogP contribution in [0.15, 0.2) is 28.7 Å². The number of benzene rings is 1. The van der Waals surface area contributed by atoms with Crippen LogP contribution in [0.25, 0.3) is 6.08 Å². The van der Waals surface area contributed by atoms with E-state index in [9.17, 15) is 9.59 Å². The average Bonchev–Trinajstić information content (AvgIpc) is 2.23. The number of carboxylic acids is 2. The van der Waals surface area contributed by atoms with Gasteiger partial charge in [-0.25, -0.2) is 9.59 Å². The Morgan fingerprint density at radius 3 is 2.53 bits per heavy atom. The van der Waals surface area contributed by atoms with Gasteiger partial charge < -0.3 is 10.2 Å². The second-order valence-corrected chi connectivity index (χ2v) is 3.92. The van der Waals surface area contributed by atoms with Crippen LogP contribution in [0.5, 0.6) is 0 Å². The van der Waals surface area contributed by atoms with Crippen molar-refractivity contribution >= 4 is 33.9 Å². The van der Waals surface area contributed by atoms with Crippen LogP contribution in [0.4, 0.5) is 0 Å². The van der Waals surface area contributed by atoms with Gasteiger partial charge in [0.05, 0.1) is 0 Å². The molecule has 5 heteroatoms. The number of rotatable bonds is 2. The molecule has 0 saturated heterocycles. The molecule has 0 aromatic heterocycles. The molecule has 0 spiro atoms. The van der Waals surface area contributed by atoms with Crippen molar-refractivity contribution in [1.82, 2.24) is 0 Å². The number of hydrogen-bond donors (Lipinski definition) is 2. The fourth-order valence-electron chi connectivity index (χ4n) is 1.07. The highest BCUT2D eigenvalue weighted by Gasteiger charge is 1.96. The Labute approximate surface area is 106 Å². The first-order chi connectivity index (χ1) is 7.97. The van der Waals surface area contributed by atoms with Crippen LogP contribution >= 0.6 is 15.9 Å². The minimum Gasteiger partial charge on any atom is -0.478 e. The Kier molecular flexibility index (Phi) is 4.49. The van der Waals surface area contributed by atoms with Crippen molar-refractivity contribution in [1.29, 1.82) is 0 Å². The minimum absolute atomic E-state index is 0.492. The second-order valence-electron chi connectivity index (χ2n) is 3.00. The van der Waals surface area contributed by atoms with Gasteiger partial charge in [-0.15, -0.1) is 0 Å². The SMILES string of the molecule is O=C(O)C#Cc1cc(Br)cc(/C=C/C(=O)O)c1. The van der Waals surface area contributed by atoms with Crippen molar-refractivity contribution in [2.75, 3.05) is 0 Å². The van der Waals surface area contributed by atoms with E-state index < -0.39 is 11.9 Å². The summed E-state index contributed by atoms with van der Waals surface area (Å²) in [6.07, 6.45) is 2.40. The lowest BCUT2D eigenvalue weighted by molar-refractivity contribution is -0.132. The lowest BCUT2D eigenvalue weighted by Crippen LogP contribution is -1.88. The van der Waals surface area contributed by atoms with Gasteiger partial charge in [-0.3, -0.25) is 0 Å². The molecule has 0 unspecified atom stereocenters. The standard InChI is InChI=1S/C12H7BrO4/c13-10-6-8(1-3-11(14)15)5-9(7-10)2-4-12(16)17/h1,3,5-7H,(H,14,15)(H,16,17)/b3-1+. The smallest absolute Gasteiger partial charge is 0.382 e. The topological polar surface area (TPSA) is 74.6 Å². The third-order valence-electron chi connectivity index (χ3n) is 1.65. The highest BCUT2D eigenvalue weighted by Crippen LogP contribution is 2.16. The van der Waals surface area contributed by atoms with Crippen molar-refractivity contribution in [2.45, 2.75) is 0 Å². The molecule has 0 heterocycles. The quantitative estimate of drug-likeness (QED) is 0.646. The van der Waals surface area contributed by atoms with Crippen molar-refractivity contribution in [3.05, 3.63) is 39.9 Å². The third-order valence-corrected chi connectivity index (χ3v) is 2.11. The van der Waals surface area contributed by atoms with E-state index in [1.54, 1.807) is 18.2 Å². The van der Waals surface area contributed by atoms with Gasteiger partial charge in [0.15, 0.2) is 0 Å². The Hall–Kier alpha value is -2.06. The zero-order valence-corrected chi connectivity index (χ0v) is 10.1. The van der Waals surface area contributed by atoms with Crippen LogP contribution in [-0.4, -0.2) is 22.2 Å². The summed E-state index contributed by atoms with van der Waals surface area (Å²) >= 11 is 3.23. The van der Waals surface area contributed by atoms with Gasteiger partial charge in [-0.1, -0.05) is 21.9 Å². The summed E-state index contributed by atoms with van der Waals surface area (Å²) in [5.74, 6) is 2.17. The van der Waals surface area contributed by atoms with Crippen LogP contribution in [0.1, 0.15) is 11.1 Å². The van der Waals surface area contributed by atoms with Gasteiger partial charge >= 0.3 is 11.9 Å². The molecule has 1 aromatic carbocycles. The molecule has 4 nitrogen and oxygen atoms in total. The van der Waals surface area contributed by atoms with Crippen molar-refractivity contribution < 1.29 is 19.8 Å². The Bertz CT molecular complexity index is 549. The van der Waals surface area contributed by atoms with E-state index in [1.807, 2.05) is 5.92 Å². The van der Waals surface area contributed by atoms with Gasteiger partial charge in [0.2, 0.25) is 0 Å². The molecule has 86 valence electrons. The molecule has 0 saturated carbocycles. The molecule has 0 amide bonds. The molecule has 0 bridgehead atoms. The zero-order valence-electron chi connectivity index (χ0n) is 8.48. The van der Waals surface area contributed by atoms with Gasteiger partial charge in [-0.2, -0.15) is 0 Å². The van der Waals surface area contributed by atoms with Gasteiger partial charge in [-0.05, 0) is 29.8 Å². The molecule has 0 aliphatic rings. The number of carbonyl (C=O) groups is 2. The predicted molar refractivity (Wildman–Crippen MR) is 65.3 cm³/mol. The summed E-state index contributed by atoms with van der Waals surface area (Å²) in [7, 11) is 0. The van der Waals surface area contributed by atoms with Gasteiger partial charge in [0, 0.05) is 22.0 Å². The Morgan fingerprint density at radius 1 is 1.24 bits per heavy atom. The molecule has 1 rings (SSSR count). The maximum atomic E-state index is 10.4. The minimum atomic E-state index is -1.22.